The molecule has 0 saturated carbocycles. The molecule has 0 aromatic heterocycles. The molecule has 3 fully saturated rings. The molecule has 3 aliphatic rings. The maximum Gasteiger partial charge on any atom is 0.240 e. The third kappa shape index (κ3) is 2.98. The fourth-order valence-electron chi connectivity index (χ4n) is 4.67. The summed E-state index contributed by atoms with van der Waals surface area (Å²) in [6, 6.07) is 1.73. The highest BCUT2D eigenvalue weighted by atomic mass is 16.2. The highest BCUT2D eigenvalue weighted by Crippen LogP contribution is 2.31. The second-order valence-corrected chi connectivity index (χ2v) is 7.11. The molecule has 0 bridgehead atoms. The molecule has 3 atom stereocenters. The Balaban J connectivity index is 1.70. The average molecular weight is 293 g/mol. The van der Waals surface area contributed by atoms with E-state index in [2.05, 4.69) is 29.0 Å². The molecule has 3 rings (SSSR count). The van der Waals surface area contributed by atoms with Crippen molar-refractivity contribution in [3.05, 3.63) is 0 Å². The van der Waals surface area contributed by atoms with Crippen molar-refractivity contribution in [2.45, 2.75) is 83.0 Å². The molecule has 4 nitrogen and oxygen atoms in total. The summed E-state index contributed by atoms with van der Waals surface area (Å²) < 4.78 is 0. The summed E-state index contributed by atoms with van der Waals surface area (Å²) >= 11 is 0. The van der Waals surface area contributed by atoms with Crippen molar-refractivity contribution < 1.29 is 4.79 Å². The monoisotopic (exact) mass is 293 g/mol. The summed E-state index contributed by atoms with van der Waals surface area (Å²) in [7, 11) is 0. The number of likely N-dealkylation sites (tertiary alicyclic amines) is 2. The summed E-state index contributed by atoms with van der Waals surface area (Å²) in [5.74, 6) is 0.433. The molecule has 3 saturated heterocycles. The van der Waals surface area contributed by atoms with Gasteiger partial charge in [0.25, 0.3) is 0 Å². The van der Waals surface area contributed by atoms with Gasteiger partial charge in [-0.25, -0.2) is 0 Å². The molecule has 21 heavy (non-hydrogen) atoms. The highest BCUT2D eigenvalue weighted by molar-refractivity contribution is 5.83. The normalized spacial score (nSPS) is 35.5. The Morgan fingerprint density at radius 3 is 2.62 bits per heavy atom. The molecule has 3 heterocycles. The van der Waals surface area contributed by atoms with Gasteiger partial charge in [-0.05, 0) is 71.5 Å². The van der Waals surface area contributed by atoms with Gasteiger partial charge in [0.15, 0.2) is 0 Å². The van der Waals surface area contributed by atoms with Gasteiger partial charge in [-0.1, -0.05) is 6.92 Å². The first kappa shape index (κ1) is 15.3. The largest absolute Gasteiger partial charge is 0.336 e. The van der Waals surface area contributed by atoms with Crippen LogP contribution in [0.2, 0.25) is 0 Å². The van der Waals surface area contributed by atoms with Crippen LogP contribution in [0.15, 0.2) is 0 Å². The Labute approximate surface area is 129 Å². The second kappa shape index (κ2) is 6.66. The van der Waals surface area contributed by atoms with Gasteiger partial charge < -0.3 is 10.2 Å². The van der Waals surface area contributed by atoms with E-state index in [0.717, 1.165) is 32.5 Å². The maximum atomic E-state index is 13.1. The lowest BCUT2D eigenvalue weighted by Crippen LogP contribution is -2.53. The van der Waals surface area contributed by atoms with E-state index in [1.165, 1.54) is 32.1 Å². The summed E-state index contributed by atoms with van der Waals surface area (Å²) in [4.78, 5) is 17.9. The SMILES string of the molecule is CCC1CCC(C)N1C(=O)C1CCCN1C1CCNCC1. The number of hydrogen-bond acceptors (Lipinski definition) is 3. The minimum Gasteiger partial charge on any atom is -0.336 e. The van der Waals surface area contributed by atoms with Gasteiger partial charge in [0.05, 0.1) is 6.04 Å². The molecule has 0 aromatic rings. The third-order valence-electron chi connectivity index (χ3n) is 5.87. The molecule has 1 amide bonds. The van der Waals surface area contributed by atoms with Crippen molar-refractivity contribution in [3.63, 3.8) is 0 Å². The number of piperidine rings is 1. The molecule has 120 valence electrons. The van der Waals surface area contributed by atoms with E-state index in [9.17, 15) is 4.79 Å². The van der Waals surface area contributed by atoms with E-state index in [1.54, 1.807) is 0 Å². The summed E-state index contributed by atoms with van der Waals surface area (Å²) in [5, 5.41) is 3.44. The fraction of sp³-hybridized carbons (Fsp3) is 0.941. The first-order valence-electron chi connectivity index (χ1n) is 9.01. The smallest absolute Gasteiger partial charge is 0.240 e. The van der Waals surface area contributed by atoms with Crippen molar-refractivity contribution in [2.75, 3.05) is 19.6 Å². The van der Waals surface area contributed by atoms with Crippen LogP contribution in [0.1, 0.15) is 58.8 Å². The van der Waals surface area contributed by atoms with Crippen LogP contribution in [0, 0.1) is 0 Å². The van der Waals surface area contributed by atoms with Crippen LogP contribution in [0.3, 0.4) is 0 Å². The van der Waals surface area contributed by atoms with E-state index in [0.29, 0.717) is 24.0 Å². The van der Waals surface area contributed by atoms with Gasteiger partial charge in [-0.3, -0.25) is 9.69 Å². The van der Waals surface area contributed by atoms with E-state index in [1.807, 2.05) is 0 Å². The van der Waals surface area contributed by atoms with Gasteiger partial charge in [0.1, 0.15) is 0 Å². The van der Waals surface area contributed by atoms with E-state index in [-0.39, 0.29) is 6.04 Å². The number of nitrogens with zero attached hydrogens (tertiary/aromatic N) is 2. The Kier molecular flexibility index (Phi) is 4.85. The van der Waals surface area contributed by atoms with Gasteiger partial charge in [0, 0.05) is 18.1 Å². The van der Waals surface area contributed by atoms with Crippen molar-refractivity contribution in [2.24, 2.45) is 0 Å². The summed E-state index contributed by atoms with van der Waals surface area (Å²) in [5.41, 5.74) is 0. The zero-order chi connectivity index (χ0) is 14.8. The van der Waals surface area contributed by atoms with Crippen LogP contribution in [0.5, 0.6) is 0 Å². The average Bonchev–Trinajstić information content (AvgIpc) is 3.14. The van der Waals surface area contributed by atoms with Gasteiger partial charge >= 0.3 is 0 Å². The fourth-order valence-corrected chi connectivity index (χ4v) is 4.67. The quantitative estimate of drug-likeness (QED) is 0.864. The number of hydrogen-bond donors (Lipinski definition) is 1. The zero-order valence-corrected chi connectivity index (χ0v) is 13.7. The zero-order valence-electron chi connectivity index (χ0n) is 13.7. The number of amides is 1. The second-order valence-electron chi connectivity index (χ2n) is 7.11. The molecule has 0 radical (unpaired) electrons. The van der Waals surface area contributed by atoms with Crippen LogP contribution < -0.4 is 5.32 Å². The standard InChI is InChI=1S/C17H31N3O/c1-3-14-7-6-13(2)20(14)17(21)16-5-4-12-19(16)15-8-10-18-11-9-15/h13-16,18H,3-12H2,1-2H3. The van der Waals surface area contributed by atoms with E-state index >= 15 is 0 Å². The van der Waals surface area contributed by atoms with Crippen molar-refractivity contribution in [1.29, 1.82) is 0 Å². The lowest BCUT2D eigenvalue weighted by molar-refractivity contribution is -0.139. The van der Waals surface area contributed by atoms with Gasteiger partial charge in [0.2, 0.25) is 5.91 Å². The molecule has 0 aliphatic carbocycles. The number of carbonyl (C=O) groups excluding carboxylic acids is 1. The Bertz CT molecular complexity index is 367. The highest BCUT2D eigenvalue weighted by Gasteiger charge is 2.42. The van der Waals surface area contributed by atoms with Gasteiger partial charge in [-0.15, -0.1) is 0 Å². The van der Waals surface area contributed by atoms with Crippen LogP contribution in [-0.2, 0) is 4.79 Å². The topological polar surface area (TPSA) is 35.6 Å². The molecule has 3 aliphatic heterocycles. The van der Waals surface area contributed by atoms with Gasteiger partial charge in [-0.2, -0.15) is 0 Å². The molecule has 0 aromatic carbocycles. The first-order valence-corrected chi connectivity index (χ1v) is 9.01. The minimum absolute atomic E-state index is 0.169. The molecular formula is C17H31N3O. The Morgan fingerprint density at radius 1 is 1.14 bits per heavy atom. The molecular weight excluding hydrogens is 262 g/mol. The van der Waals surface area contributed by atoms with Crippen LogP contribution in [0.4, 0.5) is 0 Å². The predicted molar refractivity (Wildman–Crippen MR) is 85.2 cm³/mol. The number of carbonyl (C=O) groups is 1. The van der Waals surface area contributed by atoms with Crippen molar-refractivity contribution in [3.8, 4) is 0 Å². The van der Waals surface area contributed by atoms with Crippen LogP contribution in [-0.4, -0.2) is 59.5 Å². The van der Waals surface area contributed by atoms with Crippen LogP contribution in [0.25, 0.3) is 0 Å². The minimum atomic E-state index is 0.169. The maximum absolute atomic E-state index is 13.1. The Morgan fingerprint density at radius 2 is 1.90 bits per heavy atom. The van der Waals surface area contributed by atoms with Crippen molar-refractivity contribution in [1.82, 2.24) is 15.1 Å². The first-order chi connectivity index (χ1) is 10.2. The lowest BCUT2D eigenvalue weighted by atomic mass is 10.0. The Hall–Kier alpha value is -0.610. The van der Waals surface area contributed by atoms with E-state index in [4.69, 9.17) is 0 Å². The molecule has 0 spiro atoms. The van der Waals surface area contributed by atoms with Crippen molar-refractivity contribution >= 4 is 5.91 Å². The molecule has 1 N–H and O–H groups in total. The summed E-state index contributed by atoms with van der Waals surface area (Å²) in [6.45, 7) is 7.80. The number of nitrogens with one attached hydrogen (secondary N) is 1. The van der Waals surface area contributed by atoms with Crippen LogP contribution >= 0.6 is 0 Å². The molecule has 3 unspecified atom stereocenters. The number of rotatable bonds is 3. The molecule has 4 heteroatoms. The summed E-state index contributed by atoms with van der Waals surface area (Å²) in [6.07, 6.45) is 8.17. The predicted octanol–water partition coefficient (Wildman–Crippen LogP) is 1.99. The third-order valence-corrected chi connectivity index (χ3v) is 5.87. The lowest BCUT2D eigenvalue weighted by Gasteiger charge is -2.38. The van der Waals surface area contributed by atoms with E-state index < -0.39 is 0 Å².